The van der Waals surface area contributed by atoms with E-state index < -0.39 is 0 Å². The van der Waals surface area contributed by atoms with Crippen molar-refractivity contribution in [1.29, 1.82) is 0 Å². The van der Waals surface area contributed by atoms with E-state index >= 15 is 0 Å². The molecule has 1 atom stereocenters. The van der Waals surface area contributed by atoms with E-state index in [4.69, 9.17) is 16.6 Å². The van der Waals surface area contributed by atoms with E-state index in [1.54, 1.807) is 11.8 Å². The average Bonchev–Trinajstić information content (AvgIpc) is 2.76. The maximum Gasteiger partial charge on any atom is 0.230 e. The summed E-state index contributed by atoms with van der Waals surface area (Å²) >= 11 is 7.90. The Labute approximate surface area is 187 Å². The van der Waals surface area contributed by atoms with Crippen molar-refractivity contribution >= 4 is 40.2 Å². The molecule has 2 aromatic carbocycles. The van der Waals surface area contributed by atoms with Crippen LogP contribution in [-0.2, 0) is 24.1 Å². The number of aromatic nitrogens is 1. The summed E-state index contributed by atoms with van der Waals surface area (Å²) in [6, 6.07) is 16.4. The molecule has 5 heteroatoms. The van der Waals surface area contributed by atoms with Crippen molar-refractivity contribution < 1.29 is 4.79 Å². The first kappa shape index (κ1) is 21.2. The number of hydrogen-bond donors (Lipinski definition) is 1. The maximum absolute atomic E-state index is 12.6. The van der Waals surface area contributed by atoms with Gasteiger partial charge in [0.25, 0.3) is 0 Å². The third kappa shape index (κ3) is 5.16. The molecule has 4 rings (SSSR count). The van der Waals surface area contributed by atoms with Crippen LogP contribution in [0.4, 0.5) is 0 Å². The number of amides is 1. The number of thioether (sulfide) groups is 1. The van der Waals surface area contributed by atoms with Crippen LogP contribution in [-0.4, -0.2) is 22.7 Å². The quantitative estimate of drug-likeness (QED) is 0.460. The van der Waals surface area contributed by atoms with Crippen molar-refractivity contribution in [2.45, 2.75) is 56.4 Å². The molecule has 0 unspecified atom stereocenters. The Morgan fingerprint density at radius 1 is 1.17 bits per heavy atom. The lowest BCUT2D eigenvalue weighted by Gasteiger charge is -2.21. The molecule has 0 bridgehead atoms. The van der Waals surface area contributed by atoms with E-state index in [0.717, 1.165) is 36.6 Å². The van der Waals surface area contributed by atoms with Gasteiger partial charge in [-0.15, -0.1) is 11.8 Å². The molecule has 0 aliphatic heterocycles. The van der Waals surface area contributed by atoms with Gasteiger partial charge < -0.3 is 5.32 Å². The Morgan fingerprint density at radius 2 is 1.97 bits per heavy atom. The molecule has 3 aromatic rings. The largest absolute Gasteiger partial charge is 0.353 e. The SMILES string of the molecule is C[C@@H](CCc1ccccc1)NC(=O)CSc1c2c(nc3ccc(Cl)cc13)CCCC2. The molecular weight excluding hydrogens is 412 g/mol. The van der Waals surface area contributed by atoms with Gasteiger partial charge in [-0.25, -0.2) is 0 Å². The highest BCUT2D eigenvalue weighted by Crippen LogP contribution is 2.37. The minimum absolute atomic E-state index is 0.0807. The van der Waals surface area contributed by atoms with E-state index in [-0.39, 0.29) is 11.9 Å². The van der Waals surface area contributed by atoms with Gasteiger partial charge in [-0.1, -0.05) is 41.9 Å². The van der Waals surface area contributed by atoms with Crippen molar-refractivity contribution in [3.8, 4) is 0 Å². The monoisotopic (exact) mass is 438 g/mol. The Balaban J connectivity index is 1.42. The number of nitrogens with one attached hydrogen (secondary N) is 1. The van der Waals surface area contributed by atoms with Crippen LogP contribution >= 0.6 is 23.4 Å². The second kappa shape index (κ2) is 9.84. The van der Waals surface area contributed by atoms with Crippen LogP contribution in [0.1, 0.15) is 43.0 Å². The summed E-state index contributed by atoms with van der Waals surface area (Å²) in [5.41, 5.74) is 4.78. The van der Waals surface area contributed by atoms with Crippen LogP contribution in [0.15, 0.2) is 53.4 Å². The lowest BCUT2D eigenvalue weighted by Crippen LogP contribution is -2.34. The van der Waals surface area contributed by atoms with E-state index in [0.29, 0.717) is 10.8 Å². The van der Waals surface area contributed by atoms with Crippen molar-refractivity contribution in [1.82, 2.24) is 10.3 Å². The molecule has 1 aliphatic rings. The minimum atomic E-state index is 0.0807. The van der Waals surface area contributed by atoms with Crippen LogP contribution in [0.5, 0.6) is 0 Å². The lowest BCUT2D eigenvalue weighted by atomic mass is 9.94. The van der Waals surface area contributed by atoms with Gasteiger partial charge in [0.05, 0.1) is 11.3 Å². The number of carbonyl (C=O) groups is 1. The predicted octanol–water partition coefficient (Wildman–Crippen LogP) is 6.00. The number of hydrogen-bond acceptors (Lipinski definition) is 3. The minimum Gasteiger partial charge on any atom is -0.353 e. The van der Waals surface area contributed by atoms with Crippen molar-refractivity contribution in [2.24, 2.45) is 0 Å². The topological polar surface area (TPSA) is 42.0 Å². The van der Waals surface area contributed by atoms with Crippen LogP contribution < -0.4 is 5.32 Å². The lowest BCUT2D eigenvalue weighted by molar-refractivity contribution is -0.119. The predicted molar refractivity (Wildman–Crippen MR) is 126 cm³/mol. The zero-order valence-corrected chi connectivity index (χ0v) is 18.9. The molecule has 0 spiro atoms. The first-order chi connectivity index (χ1) is 14.6. The van der Waals surface area contributed by atoms with Gasteiger partial charge in [-0.2, -0.15) is 0 Å². The number of benzene rings is 2. The van der Waals surface area contributed by atoms with Crippen LogP contribution in [0.25, 0.3) is 10.9 Å². The Kier molecular flexibility index (Phi) is 6.96. The first-order valence-corrected chi connectivity index (χ1v) is 12.0. The second-order valence-electron chi connectivity index (χ2n) is 8.02. The summed E-state index contributed by atoms with van der Waals surface area (Å²) in [7, 11) is 0. The number of nitrogens with zero attached hydrogens (tertiary/aromatic N) is 1. The van der Waals surface area contributed by atoms with Gasteiger partial charge in [-0.05, 0) is 74.8 Å². The highest BCUT2D eigenvalue weighted by Gasteiger charge is 2.20. The number of rotatable bonds is 7. The molecule has 30 heavy (non-hydrogen) atoms. The van der Waals surface area contributed by atoms with Gasteiger partial charge in [0.1, 0.15) is 0 Å². The number of pyridine rings is 1. The fourth-order valence-electron chi connectivity index (χ4n) is 4.07. The molecule has 156 valence electrons. The molecule has 0 fully saturated rings. The van der Waals surface area contributed by atoms with Crippen LogP contribution in [0.2, 0.25) is 5.02 Å². The Hall–Kier alpha value is -2.04. The molecule has 0 saturated heterocycles. The van der Waals surface area contributed by atoms with E-state index in [2.05, 4.69) is 36.5 Å². The number of fused-ring (bicyclic) bond motifs is 2. The highest BCUT2D eigenvalue weighted by molar-refractivity contribution is 8.00. The molecule has 1 heterocycles. The Morgan fingerprint density at radius 3 is 2.80 bits per heavy atom. The molecular formula is C25H27ClN2OS. The fraction of sp³-hybridized carbons (Fsp3) is 0.360. The third-order valence-corrected chi connectivity index (χ3v) is 7.03. The van der Waals surface area contributed by atoms with Gasteiger partial charge in [0.2, 0.25) is 5.91 Å². The fourth-order valence-corrected chi connectivity index (χ4v) is 5.32. The van der Waals surface area contributed by atoms with Crippen molar-refractivity contribution in [3.05, 3.63) is 70.4 Å². The molecule has 0 saturated carbocycles. The normalized spacial score (nSPS) is 14.3. The summed E-state index contributed by atoms with van der Waals surface area (Å²) in [4.78, 5) is 18.7. The van der Waals surface area contributed by atoms with Crippen molar-refractivity contribution in [2.75, 3.05) is 5.75 Å². The van der Waals surface area contributed by atoms with Crippen molar-refractivity contribution in [3.63, 3.8) is 0 Å². The number of carbonyl (C=O) groups excluding carboxylic acids is 1. The standard InChI is InChI=1S/C25H27ClN2OS/c1-17(11-12-18-7-3-2-4-8-18)27-24(29)16-30-25-20-9-5-6-10-22(20)28-23-14-13-19(26)15-21(23)25/h2-4,7-8,13-15,17H,5-6,9-12,16H2,1H3,(H,27,29)/t17-/m0/s1. The summed E-state index contributed by atoms with van der Waals surface area (Å²) < 4.78 is 0. The zero-order valence-electron chi connectivity index (χ0n) is 17.3. The van der Waals surface area contributed by atoms with E-state index in [1.807, 2.05) is 24.3 Å². The third-order valence-electron chi connectivity index (χ3n) is 5.64. The number of aryl methyl sites for hydroxylation is 2. The highest BCUT2D eigenvalue weighted by atomic mass is 35.5. The summed E-state index contributed by atoms with van der Waals surface area (Å²) in [5.74, 6) is 0.491. The van der Waals surface area contributed by atoms with E-state index in [9.17, 15) is 4.79 Å². The average molecular weight is 439 g/mol. The summed E-state index contributed by atoms with van der Waals surface area (Å²) in [6.07, 6.45) is 6.31. The molecule has 3 nitrogen and oxygen atoms in total. The van der Waals surface area contributed by atoms with Gasteiger partial charge in [0.15, 0.2) is 0 Å². The molecule has 1 N–H and O–H groups in total. The van der Waals surface area contributed by atoms with Crippen LogP contribution in [0, 0.1) is 0 Å². The molecule has 0 radical (unpaired) electrons. The smallest absolute Gasteiger partial charge is 0.230 e. The zero-order chi connectivity index (χ0) is 20.9. The van der Waals surface area contributed by atoms with E-state index in [1.165, 1.54) is 34.6 Å². The first-order valence-electron chi connectivity index (χ1n) is 10.7. The molecule has 1 aromatic heterocycles. The van der Waals surface area contributed by atoms with Gasteiger partial charge >= 0.3 is 0 Å². The Bertz CT molecular complexity index is 1040. The van der Waals surface area contributed by atoms with Gasteiger partial charge in [0, 0.05) is 27.0 Å². The molecule has 1 aliphatic carbocycles. The second-order valence-corrected chi connectivity index (χ2v) is 9.44. The number of halogens is 1. The summed E-state index contributed by atoms with van der Waals surface area (Å²) in [5, 5.41) is 4.94. The summed E-state index contributed by atoms with van der Waals surface area (Å²) in [6.45, 7) is 2.08. The molecule has 1 amide bonds. The maximum atomic E-state index is 12.6. The van der Waals surface area contributed by atoms with Crippen LogP contribution in [0.3, 0.4) is 0 Å². The van der Waals surface area contributed by atoms with Gasteiger partial charge in [-0.3, -0.25) is 9.78 Å².